The Morgan fingerprint density at radius 1 is 0.955 bits per heavy atom. The van der Waals surface area contributed by atoms with Crippen LogP contribution in [0.15, 0.2) is 0 Å². The van der Waals surface area contributed by atoms with Gasteiger partial charge in [-0.3, -0.25) is 4.79 Å². The largest absolute Gasteiger partial charge is 0.457 e. The molecule has 0 radical (unpaired) electrons. The molecule has 0 fully saturated rings. The summed E-state index contributed by atoms with van der Waals surface area (Å²) < 4.78 is 10.6. The summed E-state index contributed by atoms with van der Waals surface area (Å²) in [7, 11) is 0. The van der Waals surface area contributed by atoms with Crippen LogP contribution in [0.4, 0.5) is 0 Å². The summed E-state index contributed by atoms with van der Waals surface area (Å²) in [6.45, 7) is 6.14. The van der Waals surface area contributed by atoms with E-state index in [0.29, 0.717) is 6.42 Å². The molecule has 4 heteroatoms. The van der Waals surface area contributed by atoms with E-state index in [1.165, 1.54) is 44.9 Å². The standard InChI is InChI=1S/C18H36O4/c1-4-5-6-7-8-9-10-11-12-13-18(20)22-17(14-19)15-21-16(2)3/h16-17,19H,4-15H2,1-3H3. The molecule has 0 saturated carbocycles. The fourth-order valence-electron chi connectivity index (χ4n) is 2.25. The Kier molecular flexibility index (Phi) is 14.9. The maximum atomic E-state index is 11.7. The second kappa shape index (κ2) is 15.3. The first kappa shape index (κ1) is 21.4. The van der Waals surface area contributed by atoms with Gasteiger partial charge in [-0.15, -0.1) is 0 Å². The van der Waals surface area contributed by atoms with Crippen LogP contribution in [0.5, 0.6) is 0 Å². The van der Waals surface area contributed by atoms with Gasteiger partial charge in [0.05, 0.1) is 19.3 Å². The van der Waals surface area contributed by atoms with Gasteiger partial charge >= 0.3 is 5.97 Å². The second-order valence-electron chi connectivity index (χ2n) is 6.25. The molecule has 0 aliphatic heterocycles. The van der Waals surface area contributed by atoms with Crippen molar-refractivity contribution in [1.29, 1.82) is 0 Å². The average molecular weight is 316 g/mol. The number of carbonyl (C=O) groups is 1. The molecule has 22 heavy (non-hydrogen) atoms. The van der Waals surface area contributed by atoms with Crippen LogP contribution in [0, 0.1) is 0 Å². The maximum Gasteiger partial charge on any atom is 0.306 e. The Morgan fingerprint density at radius 3 is 2.00 bits per heavy atom. The predicted octanol–water partition coefficient (Wildman–Crippen LogP) is 4.24. The van der Waals surface area contributed by atoms with Crippen molar-refractivity contribution in [1.82, 2.24) is 0 Å². The highest BCUT2D eigenvalue weighted by Crippen LogP contribution is 2.11. The number of hydrogen-bond donors (Lipinski definition) is 1. The Bertz CT molecular complexity index is 253. The minimum Gasteiger partial charge on any atom is -0.457 e. The molecule has 1 atom stereocenters. The van der Waals surface area contributed by atoms with Crippen molar-refractivity contribution in [3.8, 4) is 0 Å². The van der Waals surface area contributed by atoms with Crippen LogP contribution >= 0.6 is 0 Å². The molecule has 0 amide bonds. The lowest BCUT2D eigenvalue weighted by Gasteiger charge is -2.17. The third-order valence-corrected chi connectivity index (χ3v) is 3.60. The Balaban J connectivity index is 3.47. The fraction of sp³-hybridized carbons (Fsp3) is 0.944. The molecule has 0 aromatic heterocycles. The molecular weight excluding hydrogens is 280 g/mol. The molecule has 0 bridgehead atoms. The van der Waals surface area contributed by atoms with E-state index in [1.54, 1.807) is 0 Å². The molecule has 0 aliphatic rings. The molecule has 0 spiro atoms. The molecule has 132 valence electrons. The van der Waals surface area contributed by atoms with Gasteiger partial charge < -0.3 is 14.6 Å². The van der Waals surface area contributed by atoms with Gasteiger partial charge in [-0.2, -0.15) is 0 Å². The van der Waals surface area contributed by atoms with E-state index in [4.69, 9.17) is 14.6 Å². The number of aliphatic hydroxyl groups is 1. The normalized spacial score (nSPS) is 12.6. The lowest BCUT2D eigenvalue weighted by molar-refractivity contribution is -0.155. The first-order valence-electron chi connectivity index (χ1n) is 9.02. The zero-order valence-electron chi connectivity index (χ0n) is 14.8. The van der Waals surface area contributed by atoms with Crippen molar-refractivity contribution < 1.29 is 19.4 Å². The zero-order valence-corrected chi connectivity index (χ0v) is 14.8. The Morgan fingerprint density at radius 2 is 1.50 bits per heavy atom. The van der Waals surface area contributed by atoms with E-state index in [2.05, 4.69) is 6.92 Å². The lowest BCUT2D eigenvalue weighted by Crippen LogP contribution is -2.28. The number of unbranched alkanes of at least 4 members (excludes halogenated alkanes) is 8. The summed E-state index contributed by atoms with van der Waals surface area (Å²) >= 11 is 0. The summed E-state index contributed by atoms with van der Waals surface area (Å²) in [6, 6.07) is 0. The summed E-state index contributed by atoms with van der Waals surface area (Å²) in [5.74, 6) is -0.227. The number of ether oxygens (including phenoxy) is 2. The summed E-state index contributed by atoms with van der Waals surface area (Å²) in [6.07, 6.45) is 11.0. The van der Waals surface area contributed by atoms with E-state index < -0.39 is 6.10 Å². The van der Waals surface area contributed by atoms with Gasteiger partial charge in [0, 0.05) is 6.42 Å². The van der Waals surface area contributed by atoms with Gasteiger partial charge in [0.2, 0.25) is 0 Å². The van der Waals surface area contributed by atoms with Gasteiger partial charge in [-0.1, -0.05) is 58.3 Å². The number of rotatable bonds is 15. The minimum absolute atomic E-state index is 0.0741. The van der Waals surface area contributed by atoms with Crippen molar-refractivity contribution in [2.45, 2.75) is 97.2 Å². The molecule has 0 aromatic carbocycles. The summed E-state index contributed by atoms with van der Waals surface area (Å²) in [5, 5.41) is 9.16. The molecule has 0 heterocycles. The molecular formula is C18H36O4. The van der Waals surface area contributed by atoms with Crippen molar-refractivity contribution in [2.24, 2.45) is 0 Å². The zero-order chi connectivity index (χ0) is 16.6. The molecule has 0 saturated heterocycles. The monoisotopic (exact) mass is 316 g/mol. The van der Waals surface area contributed by atoms with Crippen LogP contribution in [-0.4, -0.2) is 36.5 Å². The quantitative estimate of drug-likeness (QED) is 0.363. The first-order valence-corrected chi connectivity index (χ1v) is 9.02. The molecule has 1 N–H and O–H groups in total. The first-order chi connectivity index (χ1) is 10.6. The van der Waals surface area contributed by atoms with Crippen molar-refractivity contribution in [3.63, 3.8) is 0 Å². The molecule has 1 unspecified atom stereocenters. The van der Waals surface area contributed by atoms with Crippen molar-refractivity contribution in [3.05, 3.63) is 0 Å². The maximum absolute atomic E-state index is 11.7. The van der Waals surface area contributed by atoms with Gasteiger partial charge in [0.1, 0.15) is 6.10 Å². The highest BCUT2D eigenvalue weighted by Gasteiger charge is 2.14. The average Bonchev–Trinajstić information content (AvgIpc) is 2.49. The number of esters is 1. The van der Waals surface area contributed by atoms with Crippen LogP contribution < -0.4 is 0 Å². The van der Waals surface area contributed by atoms with Crippen LogP contribution in [0.3, 0.4) is 0 Å². The van der Waals surface area contributed by atoms with Crippen LogP contribution in [-0.2, 0) is 14.3 Å². The predicted molar refractivity (Wildman–Crippen MR) is 89.9 cm³/mol. The molecule has 0 aromatic rings. The fourth-order valence-corrected chi connectivity index (χ4v) is 2.25. The molecule has 0 aliphatic carbocycles. The number of carbonyl (C=O) groups excluding carboxylic acids is 1. The van der Waals surface area contributed by atoms with Crippen molar-refractivity contribution in [2.75, 3.05) is 13.2 Å². The summed E-state index contributed by atoms with van der Waals surface area (Å²) in [5.41, 5.74) is 0. The SMILES string of the molecule is CCCCCCCCCCCC(=O)OC(CO)COC(C)C. The number of hydrogen-bond acceptors (Lipinski definition) is 4. The highest BCUT2D eigenvalue weighted by molar-refractivity contribution is 5.69. The van der Waals surface area contributed by atoms with Gasteiger partial charge in [-0.25, -0.2) is 0 Å². The second-order valence-corrected chi connectivity index (χ2v) is 6.25. The molecule has 4 nitrogen and oxygen atoms in total. The van der Waals surface area contributed by atoms with E-state index in [-0.39, 0.29) is 25.3 Å². The van der Waals surface area contributed by atoms with Crippen LogP contribution in [0.2, 0.25) is 0 Å². The van der Waals surface area contributed by atoms with E-state index in [0.717, 1.165) is 12.8 Å². The third-order valence-electron chi connectivity index (χ3n) is 3.60. The topological polar surface area (TPSA) is 55.8 Å². The van der Waals surface area contributed by atoms with E-state index in [1.807, 2.05) is 13.8 Å². The highest BCUT2D eigenvalue weighted by atomic mass is 16.6. The van der Waals surface area contributed by atoms with Crippen molar-refractivity contribution >= 4 is 5.97 Å². The van der Waals surface area contributed by atoms with E-state index in [9.17, 15) is 4.79 Å². The number of aliphatic hydroxyl groups excluding tert-OH is 1. The minimum atomic E-state index is -0.534. The van der Waals surface area contributed by atoms with Gasteiger partial charge in [0.15, 0.2) is 0 Å². The van der Waals surface area contributed by atoms with E-state index >= 15 is 0 Å². The van der Waals surface area contributed by atoms with Gasteiger partial charge in [-0.05, 0) is 20.3 Å². The summed E-state index contributed by atoms with van der Waals surface area (Å²) in [4.78, 5) is 11.7. The Hall–Kier alpha value is -0.610. The van der Waals surface area contributed by atoms with Crippen LogP contribution in [0.25, 0.3) is 0 Å². The lowest BCUT2D eigenvalue weighted by atomic mass is 10.1. The molecule has 0 rings (SSSR count). The van der Waals surface area contributed by atoms with Crippen LogP contribution in [0.1, 0.15) is 85.0 Å². The smallest absolute Gasteiger partial charge is 0.306 e. The third kappa shape index (κ3) is 14.3. The van der Waals surface area contributed by atoms with Gasteiger partial charge in [0.25, 0.3) is 0 Å². The Labute approximate surface area is 136 Å².